The molecule has 0 saturated carbocycles. The van der Waals surface area contributed by atoms with E-state index >= 15 is 0 Å². The lowest BCUT2D eigenvalue weighted by molar-refractivity contribution is 0.420. The Morgan fingerprint density at radius 1 is 1.29 bits per heavy atom. The molecule has 17 heavy (non-hydrogen) atoms. The molecule has 0 radical (unpaired) electrons. The number of hydrogen-bond acceptors (Lipinski definition) is 5. The number of aromatic nitrogens is 1. The second-order valence-electron chi connectivity index (χ2n) is 3.31. The quantitative estimate of drug-likeness (QED) is 0.735. The minimum absolute atomic E-state index is 0.0556. The van der Waals surface area contributed by atoms with Gasteiger partial charge in [0.25, 0.3) is 0 Å². The average molecular weight is 255 g/mol. The number of anilines is 1. The summed E-state index contributed by atoms with van der Waals surface area (Å²) in [5.74, 6) is 0. The molecule has 92 valence electrons. The number of rotatable bonds is 1. The zero-order chi connectivity index (χ0) is 12.9. The molecule has 0 aliphatic carbocycles. The van der Waals surface area contributed by atoms with E-state index in [1.165, 1.54) is 18.4 Å². The highest BCUT2D eigenvalue weighted by atomic mass is 32.2. The molecule has 0 aliphatic heterocycles. The van der Waals surface area contributed by atoms with Gasteiger partial charge in [0.15, 0.2) is 0 Å². The maximum Gasteiger partial charge on any atom is 0.238 e. The molecule has 0 spiro atoms. The summed E-state index contributed by atoms with van der Waals surface area (Å²) in [7, 11) is -3.63. The lowest BCUT2D eigenvalue weighted by Gasteiger charge is -2.01. The summed E-state index contributed by atoms with van der Waals surface area (Å²) in [6.07, 6.45) is 3.10. The number of aryl methyl sites for hydroxylation is 1. The monoisotopic (exact) mass is 255 g/mol. The van der Waals surface area contributed by atoms with Crippen LogP contribution in [0.25, 0.3) is 0 Å². The van der Waals surface area contributed by atoms with Crippen LogP contribution in [0.5, 0.6) is 0 Å². The number of sulfonamides is 1. The summed E-state index contributed by atoms with van der Waals surface area (Å²) < 4.78 is 26.1. The van der Waals surface area contributed by atoms with Crippen LogP contribution in [0, 0.1) is 6.92 Å². The molecule has 7 heteroatoms. The van der Waals surface area contributed by atoms with Crippen molar-refractivity contribution in [2.45, 2.75) is 11.8 Å². The first-order valence-corrected chi connectivity index (χ1v) is 6.18. The third-order valence-electron chi connectivity index (χ3n) is 1.75. The number of nitrogens with two attached hydrogens (primary N) is 2. The second-order valence-corrected chi connectivity index (χ2v) is 4.87. The van der Waals surface area contributed by atoms with Gasteiger partial charge in [0.05, 0.1) is 11.1 Å². The lowest BCUT2D eigenvalue weighted by atomic mass is 10.2. The molecule has 2 aromatic rings. The van der Waals surface area contributed by atoms with E-state index in [9.17, 15) is 8.42 Å². The van der Waals surface area contributed by atoms with Gasteiger partial charge in [0.1, 0.15) is 6.26 Å². The lowest BCUT2D eigenvalue weighted by Crippen LogP contribution is -2.12. The highest BCUT2D eigenvalue weighted by Gasteiger charge is 2.07. The molecule has 0 atom stereocenters. The van der Waals surface area contributed by atoms with Gasteiger partial charge >= 0.3 is 0 Å². The van der Waals surface area contributed by atoms with Crippen LogP contribution in [0.4, 0.5) is 5.69 Å². The van der Waals surface area contributed by atoms with Crippen LogP contribution >= 0.6 is 0 Å². The van der Waals surface area contributed by atoms with E-state index in [0.717, 1.165) is 5.56 Å². The number of benzene rings is 1. The minimum atomic E-state index is -3.63. The van der Waals surface area contributed by atoms with Crippen LogP contribution in [0.3, 0.4) is 0 Å². The molecule has 1 heterocycles. The smallest absolute Gasteiger partial charge is 0.238 e. The fraction of sp³-hybridized carbons (Fsp3) is 0.100. The minimum Gasteiger partial charge on any atom is -0.399 e. The van der Waals surface area contributed by atoms with Crippen LogP contribution in [-0.4, -0.2) is 13.6 Å². The summed E-state index contributed by atoms with van der Waals surface area (Å²) in [5, 5.41) is 8.26. The zero-order valence-corrected chi connectivity index (χ0v) is 10.0. The molecule has 0 unspecified atom stereocenters. The summed E-state index contributed by atoms with van der Waals surface area (Å²) in [5.41, 5.74) is 6.61. The van der Waals surface area contributed by atoms with Gasteiger partial charge in [-0.1, -0.05) is 5.16 Å². The Kier molecular flexibility index (Phi) is 4.24. The van der Waals surface area contributed by atoms with Gasteiger partial charge in [0.2, 0.25) is 10.0 Å². The molecule has 0 fully saturated rings. The summed E-state index contributed by atoms with van der Waals surface area (Å²) in [6.45, 7) is 1.76. The van der Waals surface area contributed by atoms with Crippen LogP contribution in [0.2, 0.25) is 0 Å². The Morgan fingerprint density at radius 2 is 2.00 bits per heavy atom. The third kappa shape index (κ3) is 4.66. The van der Waals surface area contributed by atoms with E-state index in [2.05, 4.69) is 9.68 Å². The van der Waals surface area contributed by atoms with Gasteiger partial charge < -0.3 is 10.3 Å². The normalized spacial score (nSPS) is 10.5. The molecule has 0 saturated heterocycles. The van der Waals surface area contributed by atoms with Crippen molar-refractivity contribution in [3.8, 4) is 0 Å². The van der Waals surface area contributed by atoms with Crippen molar-refractivity contribution in [1.29, 1.82) is 0 Å². The first kappa shape index (κ1) is 13.2. The summed E-state index contributed by atoms with van der Waals surface area (Å²) >= 11 is 0. The average Bonchev–Trinajstić information content (AvgIpc) is 2.72. The molecule has 0 amide bonds. The van der Waals surface area contributed by atoms with Crippen LogP contribution in [0.15, 0.2) is 46.1 Å². The first-order valence-electron chi connectivity index (χ1n) is 4.64. The summed E-state index contributed by atoms with van der Waals surface area (Å²) in [4.78, 5) is 0.0556. The number of nitrogens with zero attached hydrogens (tertiary/aromatic N) is 1. The molecule has 1 aromatic carbocycles. The Hall–Kier alpha value is -1.86. The van der Waals surface area contributed by atoms with E-state index < -0.39 is 10.0 Å². The maximum atomic E-state index is 10.9. The molecule has 6 nitrogen and oxygen atoms in total. The van der Waals surface area contributed by atoms with Gasteiger partial charge in [-0.3, -0.25) is 0 Å². The van der Waals surface area contributed by atoms with Gasteiger partial charge in [-0.2, -0.15) is 0 Å². The first-order chi connectivity index (χ1) is 7.89. The summed E-state index contributed by atoms with van der Waals surface area (Å²) in [6, 6.07) is 6.21. The van der Waals surface area contributed by atoms with E-state index in [4.69, 9.17) is 10.9 Å². The molecule has 1 aromatic heterocycles. The second kappa shape index (κ2) is 5.46. The van der Waals surface area contributed by atoms with Crippen LogP contribution < -0.4 is 10.9 Å². The molecule has 0 aliphatic rings. The van der Waals surface area contributed by atoms with Crippen molar-refractivity contribution < 1.29 is 12.9 Å². The molecule has 0 bridgehead atoms. The Labute approximate surface area is 99.3 Å². The number of nitrogen functional groups attached to an aromatic ring is 1. The Morgan fingerprint density at radius 3 is 2.35 bits per heavy atom. The van der Waals surface area contributed by atoms with Gasteiger partial charge in [-0.25, -0.2) is 13.6 Å². The molecular formula is C10H13N3O3S. The van der Waals surface area contributed by atoms with Crippen molar-refractivity contribution in [2.75, 3.05) is 5.73 Å². The fourth-order valence-corrected chi connectivity index (χ4v) is 1.77. The predicted octanol–water partition coefficient (Wildman–Crippen LogP) is 0.899. The van der Waals surface area contributed by atoms with Gasteiger partial charge in [0, 0.05) is 5.69 Å². The zero-order valence-electron chi connectivity index (χ0n) is 9.20. The topological polar surface area (TPSA) is 112 Å². The number of hydrogen-bond donors (Lipinski definition) is 2. The van der Waals surface area contributed by atoms with E-state index in [-0.39, 0.29) is 4.90 Å². The molecule has 2 rings (SSSR count). The van der Waals surface area contributed by atoms with Gasteiger partial charge in [-0.05, 0) is 36.8 Å². The highest BCUT2D eigenvalue weighted by Crippen LogP contribution is 2.14. The largest absolute Gasteiger partial charge is 0.399 e. The Bertz CT molecular complexity index is 527. The fourth-order valence-electron chi connectivity index (χ4n) is 1.12. The van der Waals surface area contributed by atoms with E-state index in [1.54, 1.807) is 25.3 Å². The van der Waals surface area contributed by atoms with Crippen molar-refractivity contribution >= 4 is 15.7 Å². The standard InChI is InChI=1S/C7H10N2O2S.C3H3NO/c1-5-2-6(8)4-7(3-5)12(9,10)11;1-2-4-5-3-1/h2-4H,8H2,1H3,(H2,9,10,11);1-3H. The van der Waals surface area contributed by atoms with Gasteiger partial charge in [-0.15, -0.1) is 0 Å². The Balaban J connectivity index is 0.000000239. The molecule has 4 N–H and O–H groups in total. The van der Waals surface area contributed by atoms with Crippen molar-refractivity contribution in [3.63, 3.8) is 0 Å². The van der Waals surface area contributed by atoms with Crippen LogP contribution in [0.1, 0.15) is 5.56 Å². The van der Waals surface area contributed by atoms with Crippen molar-refractivity contribution in [2.24, 2.45) is 5.14 Å². The third-order valence-corrected chi connectivity index (χ3v) is 2.64. The highest BCUT2D eigenvalue weighted by molar-refractivity contribution is 7.89. The van der Waals surface area contributed by atoms with E-state index in [1.807, 2.05) is 0 Å². The number of primary sulfonamides is 1. The molecular weight excluding hydrogens is 242 g/mol. The SMILES string of the molecule is Cc1cc(N)cc(S(N)(=O)=O)c1.c1cnoc1. The predicted molar refractivity (Wildman–Crippen MR) is 63.5 cm³/mol. The van der Waals surface area contributed by atoms with Crippen molar-refractivity contribution in [1.82, 2.24) is 5.16 Å². The van der Waals surface area contributed by atoms with Crippen LogP contribution in [-0.2, 0) is 10.0 Å². The maximum absolute atomic E-state index is 10.9. The van der Waals surface area contributed by atoms with E-state index in [0.29, 0.717) is 5.69 Å². The van der Waals surface area contributed by atoms with Crippen molar-refractivity contribution in [3.05, 3.63) is 42.3 Å².